The number of hydrogen-bond acceptors (Lipinski definition) is 8. The summed E-state index contributed by atoms with van der Waals surface area (Å²) in [7, 11) is -6.99. The summed E-state index contributed by atoms with van der Waals surface area (Å²) in [4.78, 5) is 0. The number of ether oxygens (including phenoxy) is 2. The Morgan fingerprint density at radius 1 is 0.889 bits per heavy atom. The Hall–Kier alpha value is -1.63. The van der Waals surface area contributed by atoms with Crippen LogP contribution in [0.3, 0.4) is 0 Å². The van der Waals surface area contributed by atoms with Crippen molar-refractivity contribution in [1.29, 1.82) is 0 Å². The maximum absolute atomic E-state index is 11.9. The Kier molecular flexibility index (Phi) is 8.84. The number of benzene rings is 2. The van der Waals surface area contributed by atoms with E-state index in [1.165, 1.54) is 0 Å². The molecular formula is C26H38O8SSi. The van der Waals surface area contributed by atoms with Crippen LogP contribution in [0.15, 0.2) is 60.7 Å². The van der Waals surface area contributed by atoms with Crippen molar-refractivity contribution >= 4 is 28.8 Å². The van der Waals surface area contributed by atoms with Gasteiger partial charge < -0.3 is 24.1 Å². The minimum Gasteiger partial charge on any atom is -0.399 e. The molecule has 0 unspecified atom stereocenters. The molecule has 0 radical (unpaired) electrons. The molecule has 3 rings (SSSR count). The third-order valence-corrected chi connectivity index (χ3v) is 12.0. The van der Waals surface area contributed by atoms with E-state index >= 15 is 0 Å². The summed E-state index contributed by atoms with van der Waals surface area (Å²) in [5.74, 6) is -1.12. The first-order valence-electron chi connectivity index (χ1n) is 12.0. The van der Waals surface area contributed by atoms with Crippen molar-refractivity contribution in [1.82, 2.24) is 0 Å². The van der Waals surface area contributed by atoms with Crippen LogP contribution in [0.25, 0.3) is 0 Å². The lowest BCUT2D eigenvalue weighted by Gasteiger charge is -2.46. The summed E-state index contributed by atoms with van der Waals surface area (Å²) >= 11 is 0. The van der Waals surface area contributed by atoms with Crippen LogP contribution in [-0.4, -0.2) is 76.6 Å². The number of aliphatic hydroxyl groups excluding tert-OH is 2. The summed E-state index contributed by atoms with van der Waals surface area (Å²) in [6.07, 6.45) is -3.14. The molecule has 0 aliphatic carbocycles. The average Bonchev–Trinajstić information content (AvgIpc) is 3.13. The normalized spacial score (nSPS) is 22.3. The van der Waals surface area contributed by atoms with Crippen molar-refractivity contribution < 1.29 is 36.7 Å². The van der Waals surface area contributed by atoms with Crippen LogP contribution in [0.1, 0.15) is 34.6 Å². The molecule has 0 saturated carbocycles. The molecule has 1 fully saturated rings. The summed E-state index contributed by atoms with van der Waals surface area (Å²) < 4.78 is 48.2. The van der Waals surface area contributed by atoms with E-state index in [9.17, 15) is 18.6 Å². The van der Waals surface area contributed by atoms with Crippen LogP contribution < -0.4 is 10.4 Å². The van der Waals surface area contributed by atoms with Crippen molar-refractivity contribution in [3.8, 4) is 0 Å². The molecule has 4 atom stereocenters. The molecule has 10 heteroatoms. The van der Waals surface area contributed by atoms with Gasteiger partial charge >= 0.3 is 0 Å². The number of rotatable bonds is 10. The third-order valence-electron chi connectivity index (χ3n) is 6.30. The Labute approximate surface area is 215 Å². The van der Waals surface area contributed by atoms with Gasteiger partial charge in [0.2, 0.25) is 0 Å². The van der Waals surface area contributed by atoms with Gasteiger partial charge in [-0.15, -0.1) is 0 Å². The largest absolute Gasteiger partial charge is 0.399 e. The molecule has 1 saturated heterocycles. The van der Waals surface area contributed by atoms with Crippen LogP contribution >= 0.6 is 0 Å². The zero-order chi connectivity index (χ0) is 26.8. The van der Waals surface area contributed by atoms with Crippen LogP contribution in [-0.2, 0) is 28.2 Å². The lowest BCUT2D eigenvalue weighted by molar-refractivity contribution is -0.161. The van der Waals surface area contributed by atoms with Crippen molar-refractivity contribution in [3.63, 3.8) is 0 Å². The van der Waals surface area contributed by atoms with Crippen LogP contribution in [0.4, 0.5) is 0 Å². The van der Waals surface area contributed by atoms with E-state index in [0.29, 0.717) is 0 Å². The number of hydrogen-bond donors (Lipinski definition) is 2. The molecular weight excluding hydrogens is 500 g/mol. The number of aliphatic hydroxyl groups is 2. The first kappa shape index (κ1) is 28.9. The molecule has 1 aliphatic heterocycles. The van der Waals surface area contributed by atoms with Crippen LogP contribution in [0.5, 0.6) is 0 Å². The zero-order valence-electron chi connectivity index (χ0n) is 21.7. The van der Waals surface area contributed by atoms with E-state index in [-0.39, 0.29) is 5.04 Å². The van der Waals surface area contributed by atoms with Gasteiger partial charge in [-0.1, -0.05) is 81.4 Å². The van der Waals surface area contributed by atoms with Crippen LogP contribution in [0.2, 0.25) is 5.04 Å². The highest BCUT2D eigenvalue weighted by Gasteiger charge is 2.56. The Bertz CT molecular complexity index is 1050. The molecule has 200 valence electrons. The van der Waals surface area contributed by atoms with Gasteiger partial charge in [0.15, 0.2) is 5.79 Å². The maximum Gasteiger partial charge on any atom is 0.264 e. The van der Waals surface area contributed by atoms with E-state index in [2.05, 4.69) is 20.8 Å². The quantitative estimate of drug-likeness (QED) is 0.348. The fourth-order valence-electron chi connectivity index (χ4n) is 4.93. The molecule has 2 aromatic carbocycles. The van der Waals surface area contributed by atoms with Gasteiger partial charge in [-0.05, 0) is 29.3 Å². The van der Waals surface area contributed by atoms with Gasteiger partial charge in [-0.3, -0.25) is 4.18 Å². The summed E-state index contributed by atoms with van der Waals surface area (Å²) in [5, 5.41) is 22.3. The van der Waals surface area contributed by atoms with Gasteiger partial charge in [-0.2, -0.15) is 8.42 Å². The molecule has 1 heterocycles. The molecule has 0 amide bonds. The fraction of sp³-hybridized carbons (Fsp3) is 0.538. The topological polar surface area (TPSA) is 112 Å². The Morgan fingerprint density at radius 2 is 1.31 bits per heavy atom. The van der Waals surface area contributed by atoms with Gasteiger partial charge in [0.25, 0.3) is 18.4 Å². The molecule has 2 N–H and O–H groups in total. The standard InChI is InChI=1S/C26H38O8SSi/c1-25(2,3)36(19-13-9-7-10-14-19,20-15-11-8-12-16-20)34-22(18-28)24-23(31-26(4,5)32-24)21(17-27)33-35(6,29)30/h7-16,21-24,27-28H,17-18H2,1-6H3/t21-,22-,23-,24-/m1/s1. The second kappa shape index (κ2) is 11.0. The van der Waals surface area contributed by atoms with Crippen molar-refractivity contribution in [2.45, 2.75) is 69.9 Å². The maximum atomic E-state index is 11.9. The van der Waals surface area contributed by atoms with E-state index < -0.39 is 61.9 Å². The van der Waals surface area contributed by atoms with E-state index in [1.54, 1.807) is 13.8 Å². The predicted molar refractivity (Wildman–Crippen MR) is 140 cm³/mol. The van der Waals surface area contributed by atoms with Crippen molar-refractivity contribution in [3.05, 3.63) is 60.7 Å². The molecule has 1 aliphatic rings. The summed E-state index contributed by atoms with van der Waals surface area (Å²) in [5.41, 5.74) is 0. The average molecular weight is 539 g/mol. The lowest BCUT2D eigenvalue weighted by atomic mass is 10.0. The second-order valence-corrected chi connectivity index (χ2v) is 16.4. The third kappa shape index (κ3) is 6.25. The molecule has 0 spiro atoms. The van der Waals surface area contributed by atoms with Crippen molar-refractivity contribution in [2.24, 2.45) is 0 Å². The Balaban J connectivity index is 2.13. The first-order chi connectivity index (χ1) is 16.7. The second-order valence-electron chi connectivity index (χ2n) is 10.6. The highest BCUT2D eigenvalue weighted by Crippen LogP contribution is 2.40. The predicted octanol–water partition coefficient (Wildman–Crippen LogP) is 1.78. The first-order valence-corrected chi connectivity index (χ1v) is 15.7. The van der Waals surface area contributed by atoms with E-state index in [1.807, 2.05) is 60.7 Å². The fourth-order valence-corrected chi connectivity index (χ4v) is 10.2. The lowest BCUT2D eigenvalue weighted by Crippen LogP contribution is -2.69. The van der Waals surface area contributed by atoms with Crippen molar-refractivity contribution in [2.75, 3.05) is 19.5 Å². The molecule has 36 heavy (non-hydrogen) atoms. The van der Waals surface area contributed by atoms with E-state index in [4.69, 9.17) is 18.1 Å². The van der Waals surface area contributed by atoms with Gasteiger partial charge in [-0.25, -0.2) is 0 Å². The minimum absolute atomic E-state index is 0.368. The summed E-state index contributed by atoms with van der Waals surface area (Å²) in [6.45, 7) is 8.69. The molecule has 2 aromatic rings. The molecule has 0 aromatic heterocycles. The van der Waals surface area contributed by atoms with Gasteiger partial charge in [0.1, 0.15) is 18.3 Å². The molecule has 8 nitrogen and oxygen atoms in total. The van der Waals surface area contributed by atoms with E-state index in [0.717, 1.165) is 16.6 Å². The minimum atomic E-state index is -3.90. The Morgan fingerprint density at radius 3 is 1.67 bits per heavy atom. The SMILES string of the molecule is CC1(C)O[C@H]([C@@H](CO)O[Si](c2ccccc2)(c2ccccc2)C(C)(C)C)[C@@H]([C@@H](CO)OS(C)(=O)=O)O1. The zero-order valence-corrected chi connectivity index (χ0v) is 23.6. The van der Waals surface area contributed by atoms with Crippen LogP contribution in [0, 0.1) is 0 Å². The summed E-state index contributed by atoms with van der Waals surface area (Å²) in [6, 6.07) is 19.9. The smallest absolute Gasteiger partial charge is 0.264 e. The molecule has 0 bridgehead atoms. The monoisotopic (exact) mass is 538 g/mol. The highest BCUT2D eigenvalue weighted by atomic mass is 32.2. The van der Waals surface area contributed by atoms with Gasteiger partial charge in [0.05, 0.1) is 25.6 Å². The highest BCUT2D eigenvalue weighted by molar-refractivity contribution is 7.86. The van der Waals surface area contributed by atoms with Gasteiger partial charge in [0, 0.05) is 0 Å².